The van der Waals surface area contributed by atoms with Gasteiger partial charge in [-0.05, 0) is 32.0 Å². The van der Waals surface area contributed by atoms with Gasteiger partial charge in [0.05, 0.1) is 16.4 Å². The van der Waals surface area contributed by atoms with Gasteiger partial charge >= 0.3 is 0 Å². The molecule has 2 N–H and O–H groups in total. The Morgan fingerprint density at radius 1 is 1.30 bits per heavy atom. The summed E-state index contributed by atoms with van der Waals surface area (Å²) in [6.07, 6.45) is 3.45. The summed E-state index contributed by atoms with van der Waals surface area (Å²) in [5.41, 5.74) is 2.11. The number of nitrogens with one attached hydrogen (secondary N) is 1. The number of H-pyrrole nitrogens is 1. The van der Waals surface area contributed by atoms with Crippen LogP contribution in [0.4, 0.5) is 0 Å². The van der Waals surface area contributed by atoms with Crippen LogP contribution in [0.15, 0.2) is 36.7 Å². The lowest BCUT2D eigenvalue weighted by Gasteiger charge is -2.17. The zero-order chi connectivity index (χ0) is 14.3. The van der Waals surface area contributed by atoms with Crippen LogP contribution in [0.3, 0.4) is 0 Å². The number of aromatic amines is 1. The highest BCUT2D eigenvalue weighted by atomic mass is 35.5. The van der Waals surface area contributed by atoms with Gasteiger partial charge in [-0.2, -0.15) is 0 Å². The van der Waals surface area contributed by atoms with E-state index in [1.54, 1.807) is 20.0 Å². The number of pyridine rings is 2. The number of rotatable bonds is 2. The monoisotopic (exact) mass is 287 g/mol. The van der Waals surface area contributed by atoms with Gasteiger partial charge < -0.3 is 10.1 Å². The molecule has 0 aliphatic rings. The molecule has 0 saturated heterocycles. The molecule has 20 heavy (non-hydrogen) atoms. The van der Waals surface area contributed by atoms with Gasteiger partial charge in [0.25, 0.3) is 0 Å². The SMILES string of the molecule is CC(C)(O)c1cccc(-c2c[nH]c3ncc(Cl)cc23)n1. The molecule has 0 bridgehead atoms. The van der Waals surface area contributed by atoms with Gasteiger partial charge in [0.2, 0.25) is 0 Å². The van der Waals surface area contributed by atoms with Crippen molar-refractivity contribution < 1.29 is 5.11 Å². The van der Waals surface area contributed by atoms with Crippen LogP contribution in [-0.4, -0.2) is 20.1 Å². The summed E-state index contributed by atoms with van der Waals surface area (Å²) in [4.78, 5) is 11.9. The second-order valence-corrected chi connectivity index (χ2v) is 5.66. The molecule has 0 fully saturated rings. The Hall–Kier alpha value is -1.91. The largest absolute Gasteiger partial charge is 0.384 e. The van der Waals surface area contributed by atoms with Crippen molar-refractivity contribution >= 4 is 22.6 Å². The summed E-state index contributed by atoms with van der Waals surface area (Å²) in [6, 6.07) is 7.45. The molecule has 0 unspecified atom stereocenters. The maximum atomic E-state index is 10.1. The first-order valence-corrected chi connectivity index (χ1v) is 6.66. The second-order valence-electron chi connectivity index (χ2n) is 5.22. The fraction of sp³-hybridized carbons (Fsp3) is 0.200. The molecule has 5 heteroatoms. The van der Waals surface area contributed by atoms with Crippen LogP contribution in [0.1, 0.15) is 19.5 Å². The summed E-state index contributed by atoms with van der Waals surface area (Å²) in [5.74, 6) is 0. The van der Waals surface area contributed by atoms with Crippen molar-refractivity contribution in [2.75, 3.05) is 0 Å². The molecular formula is C15H14ClN3O. The molecule has 0 aliphatic carbocycles. The summed E-state index contributed by atoms with van der Waals surface area (Å²) in [6.45, 7) is 3.43. The van der Waals surface area contributed by atoms with E-state index in [0.717, 1.165) is 22.3 Å². The number of nitrogens with zero attached hydrogens (tertiary/aromatic N) is 2. The maximum Gasteiger partial charge on any atom is 0.138 e. The van der Waals surface area contributed by atoms with Crippen LogP contribution in [0.5, 0.6) is 0 Å². The zero-order valence-corrected chi connectivity index (χ0v) is 11.9. The average molecular weight is 288 g/mol. The number of hydrogen-bond donors (Lipinski definition) is 2. The second kappa shape index (κ2) is 4.58. The maximum absolute atomic E-state index is 10.1. The van der Waals surface area contributed by atoms with Crippen molar-refractivity contribution in [1.29, 1.82) is 0 Å². The van der Waals surface area contributed by atoms with Crippen LogP contribution < -0.4 is 0 Å². The lowest BCUT2D eigenvalue weighted by Crippen LogP contribution is -2.17. The van der Waals surface area contributed by atoms with Crippen molar-refractivity contribution in [2.24, 2.45) is 0 Å². The quantitative estimate of drug-likeness (QED) is 0.758. The van der Waals surface area contributed by atoms with Gasteiger partial charge in [-0.15, -0.1) is 0 Å². The summed E-state index contributed by atoms with van der Waals surface area (Å²) in [7, 11) is 0. The summed E-state index contributed by atoms with van der Waals surface area (Å²) in [5, 5.41) is 11.6. The molecule has 0 aliphatic heterocycles. The Kier molecular flexibility index (Phi) is 3.00. The van der Waals surface area contributed by atoms with Crippen molar-refractivity contribution in [1.82, 2.24) is 15.0 Å². The molecule has 102 valence electrons. The first kappa shape index (κ1) is 13.1. The molecule has 0 aromatic carbocycles. The Balaban J connectivity index is 2.18. The van der Waals surface area contributed by atoms with Gasteiger partial charge in [-0.25, -0.2) is 9.97 Å². The van der Waals surface area contributed by atoms with E-state index < -0.39 is 5.60 Å². The van der Waals surface area contributed by atoms with Gasteiger partial charge in [0.1, 0.15) is 11.2 Å². The highest BCUT2D eigenvalue weighted by Crippen LogP contribution is 2.29. The highest BCUT2D eigenvalue weighted by Gasteiger charge is 2.18. The van der Waals surface area contributed by atoms with Crippen molar-refractivity contribution in [3.8, 4) is 11.3 Å². The standard InChI is InChI=1S/C15H14ClN3O/c1-15(2,20)13-5-3-4-12(19-13)11-8-18-14-10(11)6-9(16)7-17-14/h3-8,20H,1-2H3,(H,17,18). The molecular weight excluding hydrogens is 274 g/mol. The lowest BCUT2D eigenvalue weighted by molar-refractivity contribution is 0.0740. The van der Waals surface area contributed by atoms with Gasteiger partial charge in [-0.1, -0.05) is 17.7 Å². The zero-order valence-electron chi connectivity index (χ0n) is 11.2. The number of hydrogen-bond acceptors (Lipinski definition) is 3. The summed E-state index contributed by atoms with van der Waals surface area (Å²) >= 11 is 6.00. The van der Waals surface area contributed by atoms with E-state index in [0.29, 0.717) is 10.7 Å². The Labute approximate surface area is 121 Å². The van der Waals surface area contributed by atoms with Crippen LogP contribution in [-0.2, 0) is 5.60 Å². The van der Waals surface area contributed by atoms with E-state index in [4.69, 9.17) is 11.6 Å². The molecule has 3 aromatic rings. The van der Waals surface area contributed by atoms with Gasteiger partial charge in [0.15, 0.2) is 0 Å². The Morgan fingerprint density at radius 2 is 2.10 bits per heavy atom. The molecule has 0 saturated carbocycles. The molecule has 0 radical (unpaired) electrons. The van der Waals surface area contributed by atoms with Crippen LogP contribution in [0.2, 0.25) is 5.02 Å². The van der Waals surface area contributed by atoms with Gasteiger partial charge in [0, 0.05) is 23.3 Å². The smallest absolute Gasteiger partial charge is 0.138 e. The minimum absolute atomic E-state index is 0.581. The van der Waals surface area contributed by atoms with Gasteiger partial charge in [-0.3, -0.25) is 0 Å². The van der Waals surface area contributed by atoms with Crippen LogP contribution in [0.25, 0.3) is 22.3 Å². The fourth-order valence-corrected chi connectivity index (χ4v) is 2.27. The number of aliphatic hydroxyl groups is 1. The molecule has 0 spiro atoms. The van der Waals surface area contributed by atoms with Crippen LogP contribution >= 0.6 is 11.6 Å². The van der Waals surface area contributed by atoms with Crippen molar-refractivity contribution in [2.45, 2.75) is 19.4 Å². The highest BCUT2D eigenvalue weighted by molar-refractivity contribution is 6.31. The average Bonchev–Trinajstić information content (AvgIpc) is 2.81. The Bertz CT molecular complexity index is 774. The molecule has 0 atom stereocenters. The normalized spacial score (nSPS) is 12.0. The van der Waals surface area contributed by atoms with E-state index >= 15 is 0 Å². The Morgan fingerprint density at radius 3 is 2.85 bits per heavy atom. The molecule has 3 aromatic heterocycles. The number of aromatic nitrogens is 3. The molecule has 3 rings (SSSR count). The third-order valence-corrected chi connectivity index (χ3v) is 3.36. The minimum Gasteiger partial charge on any atom is -0.384 e. The van der Waals surface area contributed by atoms with Crippen LogP contribution in [0, 0.1) is 0 Å². The minimum atomic E-state index is -0.974. The molecule has 3 heterocycles. The first-order chi connectivity index (χ1) is 9.45. The number of fused-ring (bicyclic) bond motifs is 1. The molecule has 4 nitrogen and oxygen atoms in total. The third-order valence-electron chi connectivity index (χ3n) is 3.15. The third kappa shape index (κ3) is 2.28. The molecule has 0 amide bonds. The van der Waals surface area contributed by atoms with Crippen molar-refractivity contribution in [3.63, 3.8) is 0 Å². The van der Waals surface area contributed by atoms with E-state index in [9.17, 15) is 5.11 Å². The van der Waals surface area contributed by atoms with E-state index in [-0.39, 0.29) is 0 Å². The van der Waals surface area contributed by atoms with E-state index in [1.165, 1.54) is 0 Å². The number of halogens is 1. The lowest BCUT2D eigenvalue weighted by atomic mass is 10.0. The summed E-state index contributed by atoms with van der Waals surface area (Å²) < 4.78 is 0. The van der Waals surface area contributed by atoms with E-state index in [2.05, 4.69) is 15.0 Å². The first-order valence-electron chi connectivity index (χ1n) is 6.28. The predicted molar refractivity (Wildman–Crippen MR) is 79.6 cm³/mol. The fourth-order valence-electron chi connectivity index (χ4n) is 2.12. The topological polar surface area (TPSA) is 61.8 Å². The van der Waals surface area contributed by atoms with E-state index in [1.807, 2.05) is 30.5 Å². The van der Waals surface area contributed by atoms with Crippen molar-refractivity contribution in [3.05, 3.63) is 47.4 Å². The predicted octanol–water partition coefficient (Wildman–Crippen LogP) is 3.51.